The van der Waals surface area contributed by atoms with Crippen molar-refractivity contribution in [3.05, 3.63) is 28.8 Å². The van der Waals surface area contributed by atoms with Crippen LogP contribution in [0.25, 0.3) is 0 Å². The van der Waals surface area contributed by atoms with Crippen LogP contribution in [0.2, 0.25) is 0 Å². The molecule has 3 amide bonds. The standard InChI is InChI=1S/C20H25N3O4/c1-9-10(2)27-18-13(9)5-12(6-14(18)20(26)21-4)19(25)22-17-15-7-23(11(3)24)8-16(15)17/h5-6,9-10,15-17H,7-8H2,1-4H3,(H,21,26)(H,22,25)/t9-,10-,15-,16+,17?/m1/s1. The molecule has 2 fully saturated rings. The van der Waals surface area contributed by atoms with Gasteiger partial charge in [0.05, 0.1) is 5.56 Å². The van der Waals surface area contributed by atoms with Gasteiger partial charge in [0.15, 0.2) is 0 Å². The van der Waals surface area contributed by atoms with E-state index in [9.17, 15) is 14.4 Å². The van der Waals surface area contributed by atoms with Gasteiger partial charge in [-0.3, -0.25) is 14.4 Å². The van der Waals surface area contributed by atoms with Gasteiger partial charge in [-0.05, 0) is 19.1 Å². The van der Waals surface area contributed by atoms with Crippen molar-refractivity contribution in [2.45, 2.75) is 38.8 Å². The van der Waals surface area contributed by atoms with E-state index < -0.39 is 0 Å². The van der Waals surface area contributed by atoms with Crippen LogP contribution in [0, 0.1) is 11.8 Å². The van der Waals surface area contributed by atoms with Crippen LogP contribution in [0.3, 0.4) is 0 Å². The Labute approximate surface area is 158 Å². The second-order valence-corrected chi connectivity index (χ2v) is 7.88. The predicted octanol–water partition coefficient (Wildman–Crippen LogP) is 1.14. The third-order valence-corrected chi connectivity index (χ3v) is 6.29. The Morgan fingerprint density at radius 2 is 1.78 bits per heavy atom. The Morgan fingerprint density at radius 3 is 2.37 bits per heavy atom. The first-order valence-electron chi connectivity index (χ1n) is 9.44. The van der Waals surface area contributed by atoms with E-state index in [1.165, 1.54) is 0 Å². The molecule has 7 nitrogen and oxygen atoms in total. The van der Waals surface area contributed by atoms with Gasteiger partial charge in [0.25, 0.3) is 11.8 Å². The highest BCUT2D eigenvalue weighted by molar-refractivity contribution is 6.02. The largest absolute Gasteiger partial charge is 0.489 e. The quantitative estimate of drug-likeness (QED) is 0.834. The minimum Gasteiger partial charge on any atom is -0.489 e. The summed E-state index contributed by atoms with van der Waals surface area (Å²) in [6.45, 7) is 6.99. The monoisotopic (exact) mass is 371 g/mol. The van der Waals surface area contributed by atoms with Crippen LogP contribution in [0.1, 0.15) is 53.0 Å². The van der Waals surface area contributed by atoms with Gasteiger partial charge in [-0.15, -0.1) is 0 Å². The number of carbonyl (C=O) groups is 3. The fourth-order valence-electron chi connectivity index (χ4n) is 4.33. The van der Waals surface area contributed by atoms with Gasteiger partial charge >= 0.3 is 0 Å². The zero-order chi connectivity index (χ0) is 19.5. The van der Waals surface area contributed by atoms with E-state index in [1.54, 1.807) is 20.0 Å². The average Bonchev–Trinajstić information content (AvgIpc) is 2.97. The zero-order valence-corrected chi connectivity index (χ0v) is 16.0. The number of hydrogen-bond donors (Lipinski definition) is 2. The number of rotatable bonds is 3. The van der Waals surface area contributed by atoms with Crippen molar-refractivity contribution < 1.29 is 19.1 Å². The molecule has 7 heteroatoms. The molecule has 0 aromatic heterocycles. The van der Waals surface area contributed by atoms with E-state index in [1.807, 2.05) is 24.8 Å². The number of nitrogens with one attached hydrogen (secondary N) is 2. The summed E-state index contributed by atoms with van der Waals surface area (Å²) in [5.74, 6) is 1.02. The topological polar surface area (TPSA) is 87.7 Å². The lowest BCUT2D eigenvalue weighted by Crippen LogP contribution is -2.36. The van der Waals surface area contributed by atoms with Crippen molar-refractivity contribution >= 4 is 17.7 Å². The molecule has 2 aliphatic heterocycles. The molecule has 2 heterocycles. The smallest absolute Gasteiger partial charge is 0.254 e. The summed E-state index contributed by atoms with van der Waals surface area (Å²) in [6, 6.07) is 3.56. The number of likely N-dealkylation sites (tertiary alicyclic amines) is 1. The van der Waals surface area contributed by atoms with Crippen LogP contribution in [0.4, 0.5) is 0 Å². The molecular formula is C20H25N3O4. The molecule has 0 spiro atoms. The zero-order valence-electron chi connectivity index (χ0n) is 16.0. The lowest BCUT2D eigenvalue weighted by Gasteiger charge is -2.18. The van der Waals surface area contributed by atoms with Crippen molar-refractivity contribution in [3.63, 3.8) is 0 Å². The van der Waals surface area contributed by atoms with Crippen molar-refractivity contribution in [2.24, 2.45) is 11.8 Å². The number of fused-ring (bicyclic) bond motifs is 2. The van der Waals surface area contributed by atoms with Crippen LogP contribution >= 0.6 is 0 Å². The van der Waals surface area contributed by atoms with Crippen LogP contribution in [-0.2, 0) is 4.79 Å². The average molecular weight is 371 g/mol. The van der Waals surface area contributed by atoms with Gasteiger partial charge in [0, 0.05) is 62.0 Å². The third kappa shape index (κ3) is 2.85. The second kappa shape index (κ2) is 6.25. The van der Waals surface area contributed by atoms with E-state index in [0.29, 0.717) is 41.8 Å². The summed E-state index contributed by atoms with van der Waals surface area (Å²) in [7, 11) is 1.56. The Hall–Kier alpha value is -2.57. The molecule has 0 bridgehead atoms. The Balaban J connectivity index is 1.54. The van der Waals surface area contributed by atoms with Gasteiger partial charge in [-0.1, -0.05) is 6.92 Å². The fraction of sp³-hybridized carbons (Fsp3) is 0.550. The molecule has 1 unspecified atom stereocenters. The number of nitrogens with zero attached hydrogens (tertiary/aromatic N) is 1. The molecule has 1 aliphatic carbocycles. The highest BCUT2D eigenvalue weighted by Crippen LogP contribution is 2.46. The first kappa shape index (κ1) is 17.8. The number of amides is 3. The highest BCUT2D eigenvalue weighted by atomic mass is 16.5. The molecule has 1 saturated heterocycles. The molecule has 0 radical (unpaired) electrons. The van der Waals surface area contributed by atoms with Gasteiger partial charge in [0.2, 0.25) is 5.91 Å². The van der Waals surface area contributed by atoms with E-state index in [4.69, 9.17) is 4.74 Å². The molecule has 4 rings (SSSR count). The summed E-state index contributed by atoms with van der Waals surface area (Å²) in [4.78, 5) is 38.4. The summed E-state index contributed by atoms with van der Waals surface area (Å²) in [5.41, 5.74) is 1.77. The molecule has 2 N–H and O–H groups in total. The summed E-state index contributed by atoms with van der Waals surface area (Å²) >= 11 is 0. The van der Waals surface area contributed by atoms with E-state index in [-0.39, 0.29) is 35.8 Å². The maximum Gasteiger partial charge on any atom is 0.254 e. The van der Waals surface area contributed by atoms with E-state index in [2.05, 4.69) is 10.6 Å². The Kier molecular flexibility index (Phi) is 4.13. The molecular weight excluding hydrogens is 346 g/mol. The highest BCUT2D eigenvalue weighted by Gasteiger charge is 2.57. The van der Waals surface area contributed by atoms with Crippen LogP contribution in [0.15, 0.2) is 12.1 Å². The van der Waals surface area contributed by atoms with Crippen LogP contribution < -0.4 is 15.4 Å². The molecule has 1 aromatic rings. The normalized spacial score (nSPS) is 30.2. The van der Waals surface area contributed by atoms with Gasteiger partial charge in [0.1, 0.15) is 11.9 Å². The van der Waals surface area contributed by atoms with E-state index >= 15 is 0 Å². The molecule has 1 saturated carbocycles. The first-order chi connectivity index (χ1) is 12.8. The van der Waals surface area contributed by atoms with Gasteiger partial charge < -0.3 is 20.3 Å². The van der Waals surface area contributed by atoms with Gasteiger partial charge in [-0.2, -0.15) is 0 Å². The summed E-state index contributed by atoms with van der Waals surface area (Å²) in [6.07, 6.45) is -0.0397. The second-order valence-electron chi connectivity index (χ2n) is 7.88. The van der Waals surface area contributed by atoms with Crippen molar-refractivity contribution in [1.82, 2.24) is 15.5 Å². The maximum absolute atomic E-state index is 12.8. The Bertz CT molecular complexity index is 825. The van der Waals surface area contributed by atoms with Crippen molar-refractivity contribution in [1.29, 1.82) is 0 Å². The molecule has 5 atom stereocenters. The lowest BCUT2D eigenvalue weighted by molar-refractivity contribution is -0.128. The Morgan fingerprint density at radius 1 is 1.11 bits per heavy atom. The van der Waals surface area contributed by atoms with Crippen LogP contribution in [0.5, 0.6) is 5.75 Å². The van der Waals surface area contributed by atoms with Crippen molar-refractivity contribution in [2.75, 3.05) is 20.1 Å². The minimum absolute atomic E-state index is 0.0397. The molecule has 144 valence electrons. The SMILES string of the molecule is CNC(=O)c1cc(C(=O)NC2[C@H]3CN(C(C)=O)C[C@@H]23)cc2c1O[C@H](C)[C@H]2C. The maximum atomic E-state index is 12.8. The minimum atomic E-state index is -0.261. The summed E-state index contributed by atoms with van der Waals surface area (Å²) in [5, 5.41) is 5.70. The molecule has 1 aromatic carbocycles. The van der Waals surface area contributed by atoms with Gasteiger partial charge in [-0.25, -0.2) is 0 Å². The fourth-order valence-corrected chi connectivity index (χ4v) is 4.33. The predicted molar refractivity (Wildman–Crippen MR) is 98.8 cm³/mol. The number of benzene rings is 1. The van der Waals surface area contributed by atoms with Crippen molar-refractivity contribution in [3.8, 4) is 5.75 Å². The molecule has 3 aliphatic rings. The lowest BCUT2D eigenvalue weighted by atomic mass is 9.94. The third-order valence-electron chi connectivity index (χ3n) is 6.29. The number of ether oxygens (including phenoxy) is 1. The van der Waals surface area contributed by atoms with E-state index in [0.717, 1.165) is 5.56 Å². The molecule has 27 heavy (non-hydrogen) atoms. The first-order valence-corrected chi connectivity index (χ1v) is 9.44. The van der Waals surface area contributed by atoms with Crippen LogP contribution in [-0.4, -0.2) is 54.9 Å². The number of hydrogen-bond acceptors (Lipinski definition) is 4. The summed E-state index contributed by atoms with van der Waals surface area (Å²) < 4.78 is 5.87. The number of carbonyl (C=O) groups excluding carboxylic acids is 3. The number of piperidine rings is 1.